The fourth-order valence-corrected chi connectivity index (χ4v) is 5.25. The molecule has 0 atom stereocenters. The van der Waals surface area contributed by atoms with E-state index in [0.717, 1.165) is 66.8 Å². The molecule has 2 aliphatic heterocycles. The molecule has 0 radical (unpaired) electrons. The summed E-state index contributed by atoms with van der Waals surface area (Å²) in [5.74, 6) is 2.38. The molecule has 2 aromatic rings. The highest BCUT2D eigenvalue weighted by Crippen LogP contribution is 2.22. The molecule has 2 heterocycles. The van der Waals surface area contributed by atoms with Crippen LogP contribution in [0.3, 0.4) is 0 Å². The number of nitrogens with one attached hydrogen (secondary N) is 3. The topological polar surface area (TPSA) is 114 Å². The van der Waals surface area contributed by atoms with Crippen molar-refractivity contribution in [1.82, 2.24) is 20.0 Å². The van der Waals surface area contributed by atoms with Crippen LogP contribution in [0.25, 0.3) is 0 Å². The largest absolute Gasteiger partial charge is 0.356 e. The molecule has 2 aliphatic rings. The smallest absolute Gasteiger partial charge is 0.255 e. The lowest BCUT2D eigenvalue weighted by atomic mass is 10.0. The molecule has 0 aliphatic carbocycles. The Bertz CT molecular complexity index is 1530. The summed E-state index contributed by atoms with van der Waals surface area (Å²) in [5, 5.41) is 9.83. The third kappa shape index (κ3) is 9.42. The molecule has 0 bridgehead atoms. The van der Waals surface area contributed by atoms with Gasteiger partial charge in [-0.05, 0) is 80.4 Å². The van der Waals surface area contributed by atoms with E-state index >= 15 is 0 Å². The van der Waals surface area contributed by atoms with Gasteiger partial charge < -0.3 is 31.5 Å². The Morgan fingerprint density at radius 1 is 1.15 bits per heavy atom. The van der Waals surface area contributed by atoms with Crippen molar-refractivity contribution < 1.29 is 4.79 Å². The van der Waals surface area contributed by atoms with Crippen LogP contribution in [0, 0.1) is 5.92 Å². The van der Waals surface area contributed by atoms with Gasteiger partial charge >= 0.3 is 0 Å². The summed E-state index contributed by atoms with van der Waals surface area (Å²) in [6, 6.07) is 15.3. The normalized spacial score (nSPS) is 17.7. The Morgan fingerprint density at radius 3 is 2.52 bits per heavy atom. The minimum absolute atomic E-state index is 0.199. The molecule has 0 saturated carbocycles. The third-order valence-electron chi connectivity index (χ3n) is 7.83. The van der Waals surface area contributed by atoms with Crippen LogP contribution in [0.2, 0.25) is 0 Å². The zero-order chi connectivity index (χ0) is 33.2. The van der Waals surface area contributed by atoms with Crippen molar-refractivity contribution in [3.05, 3.63) is 108 Å². The summed E-state index contributed by atoms with van der Waals surface area (Å²) in [6.45, 7) is 15.3. The van der Waals surface area contributed by atoms with Gasteiger partial charge in [0.2, 0.25) is 11.9 Å². The molecule has 0 aromatic heterocycles. The van der Waals surface area contributed by atoms with E-state index in [1.165, 1.54) is 0 Å². The molecule has 4 rings (SSSR count). The number of rotatable bonds is 11. The third-order valence-corrected chi connectivity index (χ3v) is 7.83. The van der Waals surface area contributed by atoms with E-state index < -0.39 is 0 Å². The number of carbonyl (C=O) groups is 1. The van der Waals surface area contributed by atoms with Gasteiger partial charge in [0.15, 0.2) is 0 Å². The molecule has 244 valence electrons. The second-order valence-corrected chi connectivity index (χ2v) is 12.3. The maximum Gasteiger partial charge on any atom is 0.255 e. The number of benzene rings is 2. The Labute approximate surface area is 274 Å². The van der Waals surface area contributed by atoms with Gasteiger partial charge in [0.1, 0.15) is 5.82 Å². The highest BCUT2D eigenvalue weighted by Gasteiger charge is 2.28. The van der Waals surface area contributed by atoms with Crippen molar-refractivity contribution in [3.63, 3.8) is 0 Å². The first-order chi connectivity index (χ1) is 22.0. The van der Waals surface area contributed by atoms with Crippen molar-refractivity contribution in [2.45, 2.75) is 39.3 Å². The molecular formula is C36H49N9O. The SMILES string of the molecule is C=C/C(=C1/NC(N2CCC(N)CC2)=NC(=NCc2cccc(NC(=O)c3cccc(NC(=C)/C=C/CN(C)C)c3)c2)N1C)C(C)C. The average molecular weight is 624 g/mol. The van der Waals surface area contributed by atoms with E-state index in [9.17, 15) is 4.79 Å². The first-order valence-corrected chi connectivity index (χ1v) is 15.8. The van der Waals surface area contributed by atoms with Crippen LogP contribution in [0.4, 0.5) is 11.4 Å². The van der Waals surface area contributed by atoms with Crippen LogP contribution in [0.15, 0.2) is 107 Å². The van der Waals surface area contributed by atoms with Gasteiger partial charge in [0.25, 0.3) is 5.91 Å². The molecule has 0 unspecified atom stereocenters. The molecule has 46 heavy (non-hydrogen) atoms. The van der Waals surface area contributed by atoms with E-state index in [-0.39, 0.29) is 17.9 Å². The van der Waals surface area contributed by atoms with Gasteiger partial charge in [-0.25, -0.2) is 4.99 Å². The molecule has 1 amide bonds. The number of guanidine groups is 2. The number of allylic oxidation sites excluding steroid dienone is 3. The number of carbonyl (C=O) groups excluding carboxylic acids is 1. The van der Waals surface area contributed by atoms with Gasteiger partial charge in [0, 0.05) is 55.4 Å². The Kier molecular flexibility index (Phi) is 11.9. The number of aliphatic imine (C=N–C) groups is 2. The number of likely N-dealkylation sites (tertiary alicyclic amines) is 1. The first kappa shape index (κ1) is 34.2. The number of likely N-dealkylation sites (N-methyl/N-ethyl adjacent to an activating group) is 1. The lowest BCUT2D eigenvalue weighted by molar-refractivity contribution is 0.102. The summed E-state index contributed by atoms with van der Waals surface area (Å²) in [7, 11) is 5.99. The van der Waals surface area contributed by atoms with Gasteiger partial charge in [0.05, 0.1) is 6.54 Å². The summed E-state index contributed by atoms with van der Waals surface area (Å²) < 4.78 is 0. The summed E-state index contributed by atoms with van der Waals surface area (Å²) in [4.78, 5) is 29.3. The number of nitrogens with zero attached hydrogens (tertiary/aromatic N) is 5. The molecule has 1 saturated heterocycles. The molecular weight excluding hydrogens is 574 g/mol. The number of hydrogen-bond donors (Lipinski definition) is 4. The van der Waals surface area contributed by atoms with Crippen LogP contribution in [-0.4, -0.2) is 79.3 Å². The Morgan fingerprint density at radius 2 is 1.85 bits per heavy atom. The fraction of sp³-hybridized carbons (Fsp3) is 0.361. The van der Waals surface area contributed by atoms with Crippen LogP contribution in [-0.2, 0) is 6.54 Å². The standard InChI is InChI=1S/C36H49N9O/c1-8-32(25(2)3)33-41-36(45-20-17-29(37)18-21-45)42-35(44(33)7)38-24-27-13-9-15-30(22-27)40-34(46)28-14-10-16-31(23-28)39-26(4)12-11-19-43(5)6/h8-16,22-23,25,29,39H,1,4,17-21,24,37H2,2-3,5-7H3,(H,40,46)(H,38,41,42)/b12-11+,33-32+. The lowest BCUT2D eigenvalue weighted by Crippen LogP contribution is -2.53. The van der Waals surface area contributed by atoms with Crippen LogP contribution < -0.4 is 21.7 Å². The predicted octanol–water partition coefficient (Wildman–Crippen LogP) is 5.21. The maximum atomic E-state index is 13.2. The van der Waals surface area contributed by atoms with Crippen molar-refractivity contribution >= 4 is 29.2 Å². The van der Waals surface area contributed by atoms with Crippen molar-refractivity contribution in [2.24, 2.45) is 21.6 Å². The van der Waals surface area contributed by atoms with E-state index in [1.807, 2.05) is 86.7 Å². The van der Waals surface area contributed by atoms with E-state index in [4.69, 9.17) is 15.7 Å². The maximum absolute atomic E-state index is 13.2. The lowest BCUT2D eigenvalue weighted by Gasteiger charge is -2.38. The highest BCUT2D eigenvalue weighted by molar-refractivity contribution is 6.05. The van der Waals surface area contributed by atoms with Crippen molar-refractivity contribution in [1.29, 1.82) is 0 Å². The number of amides is 1. The van der Waals surface area contributed by atoms with E-state index in [0.29, 0.717) is 23.8 Å². The summed E-state index contributed by atoms with van der Waals surface area (Å²) in [5.41, 5.74) is 11.0. The van der Waals surface area contributed by atoms with Gasteiger partial charge in [-0.2, -0.15) is 4.99 Å². The molecule has 10 heteroatoms. The Hall–Kier alpha value is -4.67. The summed E-state index contributed by atoms with van der Waals surface area (Å²) in [6.07, 6.45) is 7.70. The van der Waals surface area contributed by atoms with Gasteiger partial charge in [-0.1, -0.05) is 57.4 Å². The molecule has 10 nitrogen and oxygen atoms in total. The molecule has 2 aromatic carbocycles. The number of anilines is 2. The fourth-order valence-electron chi connectivity index (χ4n) is 5.25. The number of nitrogens with two attached hydrogens (primary N) is 1. The van der Waals surface area contributed by atoms with Crippen molar-refractivity contribution in [2.75, 3.05) is 51.4 Å². The minimum atomic E-state index is -0.199. The average Bonchev–Trinajstić information content (AvgIpc) is 3.02. The van der Waals surface area contributed by atoms with Crippen molar-refractivity contribution in [3.8, 4) is 0 Å². The Balaban J connectivity index is 1.49. The van der Waals surface area contributed by atoms with E-state index in [2.05, 4.69) is 52.8 Å². The first-order valence-electron chi connectivity index (χ1n) is 15.8. The van der Waals surface area contributed by atoms with Gasteiger partial charge in [-0.3, -0.25) is 9.69 Å². The second kappa shape index (κ2) is 16.1. The van der Waals surface area contributed by atoms with Crippen LogP contribution in [0.1, 0.15) is 42.6 Å². The molecule has 5 N–H and O–H groups in total. The quantitative estimate of drug-likeness (QED) is 0.254. The zero-order valence-corrected chi connectivity index (χ0v) is 27.9. The predicted molar refractivity (Wildman–Crippen MR) is 192 cm³/mol. The zero-order valence-electron chi connectivity index (χ0n) is 27.9. The minimum Gasteiger partial charge on any atom is -0.356 e. The highest BCUT2D eigenvalue weighted by atomic mass is 16.1. The summed E-state index contributed by atoms with van der Waals surface area (Å²) >= 11 is 0. The number of piperidine rings is 1. The molecule has 0 spiro atoms. The van der Waals surface area contributed by atoms with Crippen LogP contribution in [0.5, 0.6) is 0 Å². The van der Waals surface area contributed by atoms with E-state index in [1.54, 1.807) is 6.07 Å². The van der Waals surface area contributed by atoms with Gasteiger partial charge in [-0.15, -0.1) is 0 Å². The number of hydrogen-bond acceptors (Lipinski definition) is 7. The second-order valence-electron chi connectivity index (χ2n) is 12.3. The molecule has 1 fully saturated rings. The van der Waals surface area contributed by atoms with Crippen LogP contribution >= 0.6 is 0 Å². The monoisotopic (exact) mass is 623 g/mol.